The molecule has 1 aliphatic rings. The number of hydrogen-bond acceptors (Lipinski definition) is 5. The molecule has 24 heavy (non-hydrogen) atoms. The second-order valence-electron chi connectivity index (χ2n) is 5.67. The van der Waals surface area contributed by atoms with Crippen molar-refractivity contribution in [2.24, 2.45) is 5.73 Å². The first-order chi connectivity index (χ1) is 11.3. The smallest absolute Gasteiger partial charge is 0.256 e. The Bertz CT molecular complexity index is 831. The zero-order valence-corrected chi connectivity index (χ0v) is 14.4. The number of aliphatic hydroxyl groups is 1. The summed E-state index contributed by atoms with van der Waals surface area (Å²) in [5.74, 6) is -1.50. The molecule has 0 radical (unpaired) electrons. The number of rotatable bonds is 5. The van der Waals surface area contributed by atoms with Crippen molar-refractivity contribution in [3.05, 3.63) is 41.2 Å². The van der Waals surface area contributed by atoms with Gasteiger partial charge in [0.25, 0.3) is 11.8 Å². The summed E-state index contributed by atoms with van der Waals surface area (Å²) in [5.41, 5.74) is 5.00. The maximum atomic E-state index is 13.2. The summed E-state index contributed by atoms with van der Waals surface area (Å²) in [6.07, 6.45) is 0.818. The first-order valence-corrected chi connectivity index (χ1v) is 8.83. The van der Waals surface area contributed by atoms with Gasteiger partial charge in [0, 0.05) is 4.90 Å². The van der Waals surface area contributed by atoms with E-state index < -0.39 is 17.4 Å². The van der Waals surface area contributed by atoms with E-state index in [1.54, 1.807) is 19.1 Å². The average molecular weight is 366 g/mol. The van der Waals surface area contributed by atoms with Crippen molar-refractivity contribution < 1.29 is 19.1 Å². The molecular formula is C16H15FN2O3S2. The second-order valence-corrected chi connectivity index (χ2v) is 8.06. The van der Waals surface area contributed by atoms with Gasteiger partial charge in [-0.05, 0) is 49.6 Å². The fourth-order valence-electron chi connectivity index (χ4n) is 2.10. The number of amides is 2. The van der Waals surface area contributed by atoms with Gasteiger partial charge in [0.2, 0.25) is 0 Å². The van der Waals surface area contributed by atoms with Crippen LogP contribution in [0.5, 0.6) is 0 Å². The number of nitrogens with one attached hydrogen (secondary N) is 1. The molecule has 1 aromatic heterocycles. The quantitative estimate of drug-likeness (QED) is 0.759. The van der Waals surface area contributed by atoms with Crippen LogP contribution in [-0.2, 0) is 4.79 Å². The number of aryl methyl sites for hydroxylation is 1. The van der Waals surface area contributed by atoms with E-state index in [9.17, 15) is 19.1 Å². The molecule has 4 N–H and O–H groups in total. The van der Waals surface area contributed by atoms with Crippen molar-refractivity contribution >= 4 is 39.9 Å². The fraction of sp³-hybridized carbons (Fsp3) is 0.250. The summed E-state index contributed by atoms with van der Waals surface area (Å²) in [5, 5.41) is 12.7. The molecule has 0 saturated heterocycles. The summed E-state index contributed by atoms with van der Waals surface area (Å²) in [7, 11) is 0. The number of hydrogen-bond donors (Lipinski definition) is 3. The van der Waals surface area contributed by atoms with Crippen molar-refractivity contribution in [2.75, 3.05) is 5.32 Å². The Kier molecular flexibility index (Phi) is 4.37. The van der Waals surface area contributed by atoms with Gasteiger partial charge in [-0.2, -0.15) is 0 Å². The Labute approximate surface area is 146 Å². The van der Waals surface area contributed by atoms with Gasteiger partial charge in [-0.3, -0.25) is 9.59 Å². The lowest BCUT2D eigenvalue weighted by Crippen LogP contribution is -2.29. The molecular weight excluding hydrogens is 351 g/mol. The van der Waals surface area contributed by atoms with Crippen molar-refractivity contribution in [1.29, 1.82) is 0 Å². The third-order valence-electron chi connectivity index (χ3n) is 3.70. The summed E-state index contributed by atoms with van der Waals surface area (Å²) >= 11 is 2.55. The van der Waals surface area contributed by atoms with Crippen LogP contribution in [0.2, 0.25) is 0 Å². The molecule has 5 nitrogen and oxygen atoms in total. The van der Waals surface area contributed by atoms with E-state index in [1.807, 2.05) is 0 Å². The molecule has 2 aromatic rings. The summed E-state index contributed by atoms with van der Waals surface area (Å²) in [4.78, 5) is 24.4. The Morgan fingerprint density at radius 2 is 2.08 bits per heavy atom. The highest BCUT2D eigenvalue weighted by atomic mass is 32.2. The van der Waals surface area contributed by atoms with E-state index in [0.717, 1.165) is 14.7 Å². The molecule has 0 atom stereocenters. The number of nitrogens with two attached hydrogens (primary N) is 1. The number of primary amides is 1. The molecule has 0 aliphatic heterocycles. The van der Waals surface area contributed by atoms with E-state index >= 15 is 0 Å². The molecule has 0 bridgehead atoms. The monoisotopic (exact) mass is 366 g/mol. The summed E-state index contributed by atoms with van der Waals surface area (Å²) in [6.45, 7) is 1.79. The lowest BCUT2D eigenvalue weighted by molar-refractivity contribution is -0.125. The highest BCUT2D eigenvalue weighted by molar-refractivity contribution is 8.01. The normalized spacial score (nSPS) is 15.1. The largest absolute Gasteiger partial charge is 0.380 e. The SMILES string of the molecule is Cc1cc(F)ccc1Sc1cc(C(N)=O)c(NC(=O)C2(O)CC2)s1. The van der Waals surface area contributed by atoms with E-state index in [-0.39, 0.29) is 11.4 Å². The van der Waals surface area contributed by atoms with Crippen LogP contribution in [0.4, 0.5) is 9.39 Å². The number of halogens is 1. The van der Waals surface area contributed by atoms with E-state index in [4.69, 9.17) is 5.73 Å². The molecule has 0 unspecified atom stereocenters. The topological polar surface area (TPSA) is 92.4 Å². The van der Waals surface area contributed by atoms with Crippen LogP contribution >= 0.6 is 23.1 Å². The molecule has 1 fully saturated rings. The van der Waals surface area contributed by atoms with Crippen molar-refractivity contribution in [3.63, 3.8) is 0 Å². The predicted octanol–water partition coefficient (Wildman–Crippen LogP) is 2.91. The Morgan fingerprint density at radius 3 is 2.67 bits per heavy atom. The average Bonchev–Trinajstić information content (AvgIpc) is 3.13. The van der Waals surface area contributed by atoms with Crippen LogP contribution in [-0.4, -0.2) is 22.5 Å². The summed E-state index contributed by atoms with van der Waals surface area (Å²) < 4.78 is 13.9. The van der Waals surface area contributed by atoms with Gasteiger partial charge in [-0.1, -0.05) is 11.8 Å². The molecule has 1 aliphatic carbocycles. The Morgan fingerprint density at radius 1 is 1.38 bits per heavy atom. The van der Waals surface area contributed by atoms with Crippen LogP contribution in [0.25, 0.3) is 0 Å². The fourth-order valence-corrected chi connectivity index (χ4v) is 4.32. The number of carbonyl (C=O) groups is 2. The summed E-state index contributed by atoms with van der Waals surface area (Å²) in [6, 6.07) is 6.04. The number of anilines is 1. The van der Waals surface area contributed by atoms with Crippen LogP contribution < -0.4 is 11.1 Å². The lowest BCUT2D eigenvalue weighted by Gasteiger charge is -2.08. The number of thiophene rings is 1. The van der Waals surface area contributed by atoms with Gasteiger partial charge in [0.15, 0.2) is 0 Å². The molecule has 0 spiro atoms. The zero-order chi connectivity index (χ0) is 17.5. The van der Waals surface area contributed by atoms with Crippen LogP contribution in [0, 0.1) is 12.7 Å². The van der Waals surface area contributed by atoms with Crippen LogP contribution in [0.3, 0.4) is 0 Å². The van der Waals surface area contributed by atoms with Gasteiger partial charge in [-0.15, -0.1) is 11.3 Å². The Hall–Kier alpha value is -1.90. The highest BCUT2D eigenvalue weighted by Gasteiger charge is 2.48. The minimum absolute atomic E-state index is 0.194. The van der Waals surface area contributed by atoms with Gasteiger partial charge < -0.3 is 16.2 Å². The third kappa shape index (κ3) is 3.45. The first kappa shape index (κ1) is 16.9. The standard InChI is InChI=1S/C16H15FN2O3S2/c1-8-6-9(17)2-3-11(8)23-12-7-10(13(18)20)14(24-12)19-15(21)16(22)4-5-16/h2-3,6-7,22H,4-5H2,1H3,(H2,18,20)(H,19,21). The minimum atomic E-state index is -1.33. The van der Waals surface area contributed by atoms with E-state index in [1.165, 1.54) is 35.2 Å². The Balaban J connectivity index is 1.85. The zero-order valence-electron chi connectivity index (χ0n) is 12.8. The molecule has 126 valence electrons. The maximum absolute atomic E-state index is 13.2. The number of benzene rings is 1. The van der Waals surface area contributed by atoms with Gasteiger partial charge in [-0.25, -0.2) is 4.39 Å². The van der Waals surface area contributed by atoms with Crippen LogP contribution in [0.1, 0.15) is 28.8 Å². The van der Waals surface area contributed by atoms with E-state index in [0.29, 0.717) is 17.8 Å². The van der Waals surface area contributed by atoms with Crippen molar-refractivity contribution in [1.82, 2.24) is 0 Å². The van der Waals surface area contributed by atoms with Gasteiger partial charge >= 0.3 is 0 Å². The van der Waals surface area contributed by atoms with Gasteiger partial charge in [0.1, 0.15) is 16.4 Å². The van der Waals surface area contributed by atoms with Crippen molar-refractivity contribution in [3.8, 4) is 0 Å². The van der Waals surface area contributed by atoms with Crippen molar-refractivity contribution in [2.45, 2.75) is 34.5 Å². The maximum Gasteiger partial charge on any atom is 0.256 e. The van der Waals surface area contributed by atoms with Gasteiger partial charge in [0.05, 0.1) is 9.77 Å². The van der Waals surface area contributed by atoms with E-state index in [2.05, 4.69) is 5.32 Å². The highest BCUT2D eigenvalue weighted by Crippen LogP contribution is 2.41. The van der Waals surface area contributed by atoms with Crippen LogP contribution in [0.15, 0.2) is 33.4 Å². The number of carbonyl (C=O) groups excluding carboxylic acids is 2. The molecule has 2 amide bonds. The molecule has 1 aromatic carbocycles. The lowest BCUT2D eigenvalue weighted by atomic mass is 10.2. The third-order valence-corrected chi connectivity index (χ3v) is 6.04. The molecule has 8 heteroatoms. The second kappa shape index (κ2) is 6.19. The molecule has 1 heterocycles. The first-order valence-electron chi connectivity index (χ1n) is 7.20. The minimum Gasteiger partial charge on any atom is -0.380 e. The molecule has 3 rings (SSSR count). The predicted molar refractivity (Wildman–Crippen MR) is 90.9 cm³/mol. The molecule has 1 saturated carbocycles.